The Morgan fingerprint density at radius 3 is 2.32 bits per heavy atom. The molecule has 0 unspecified atom stereocenters. The molecule has 0 fully saturated rings. The zero-order valence-corrected chi connectivity index (χ0v) is 13.4. The van der Waals surface area contributed by atoms with Crippen LogP contribution in [0.3, 0.4) is 0 Å². The summed E-state index contributed by atoms with van der Waals surface area (Å²) in [5.41, 5.74) is 1.26. The summed E-state index contributed by atoms with van der Waals surface area (Å²) < 4.78 is 2.40. The third kappa shape index (κ3) is 2.69. The zero-order valence-electron chi connectivity index (χ0n) is 10.3. The molecule has 0 atom stereocenters. The Morgan fingerprint density at radius 2 is 1.79 bits per heavy atom. The van der Waals surface area contributed by atoms with Crippen LogP contribution < -0.4 is 5.56 Å². The number of rotatable bonds is 2. The van der Waals surface area contributed by atoms with Crippen LogP contribution in [0.4, 0.5) is 0 Å². The van der Waals surface area contributed by atoms with Crippen LogP contribution in [0.2, 0.25) is 0 Å². The molecule has 2 rings (SSSR count). The van der Waals surface area contributed by atoms with Gasteiger partial charge in [-0.2, -0.15) is 5.10 Å². The Labute approximate surface area is 126 Å². The summed E-state index contributed by atoms with van der Waals surface area (Å²) >= 11 is 6.54. The highest BCUT2D eigenvalue weighted by molar-refractivity contribution is 9.10. The van der Waals surface area contributed by atoms with Gasteiger partial charge in [-0.15, -0.1) is 0 Å². The van der Waals surface area contributed by atoms with E-state index in [1.54, 1.807) is 7.05 Å². The van der Waals surface area contributed by atoms with Gasteiger partial charge >= 0.3 is 0 Å². The van der Waals surface area contributed by atoms with E-state index < -0.39 is 0 Å². The van der Waals surface area contributed by atoms with Crippen molar-refractivity contribution in [3.63, 3.8) is 0 Å². The summed E-state index contributed by atoms with van der Waals surface area (Å²) in [5.74, 6) is -0.199. The lowest BCUT2D eigenvalue weighted by Gasteiger charge is -2.10. The average Bonchev–Trinajstić information content (AvgIpc) is 2.36. The lowest BCUT2D eigenvalue weighted by Crippen LogP contribution is -2.24. The monoisotopic (exact) mass is 384 g/mol. The first-order chi connectivity index (χ1) is 8.91. The molecular formula is C13H10Br2N2O2. The molecule has 1 aromatic heterocycles. The molecule has 0 N–H and O–H groups in total. The van der Waals surface area contributed by atoms with Gasteiger partial charge in [0.2, 0.25) is 0 Å². The highest BCUT2D eigenvalue weighted by atomic mass is 79.9. The van der Waals surface area contributed by atoms with Gasteiger partial charge in [-0.25, -0.2) is 4.68 Å². The lowest BCUT2D eigenvalue weighted by molar-refractivity contribution is 0.101. The van der Waals surface area contributed by atoms with E-state index in [1.807, 2.05) is 24.3 Å². The summed E-state index contributed by atoms with van der Waals surface area (Å²) in [6.07, 6.45) is 0. The van der Waals surface area contributed by atoms with Crippen molar-refractivity contribution in [1.82, 2.24) is 9.78 Å². The Kier molecular flexibility index (Phi) is 4.01. The van der Waals surface area contributed by atoms with E-state index >= 15 is 0 Å². The number of aromatic nitrogens is 2. The van der Waals surface area contributed by atoms with E-state index in [-0.39, 0.29) is 15.8 Å². The Balaban J connectivity index is 2.79. The van der Waals surface area contributed by atoms with Gasteiger partial charge in [0.1, 0.15) is 5.69 Å². The minimum absolute atomic E-state index is 0.199. The molecule has 0 aliphatic heterocycles. The average molecular weight is 386 g/mol. The fourth-order valence-corrected chi connectivity index (χ4v) is 2.72. The number of Topliss-reactive ketones (excluding diaryl/α,β-unsaturated/α-hetero) is 1. The first-order valence-electron chi connectivity index (χ1n) is 5.45. The SMILES string of the molecule is CC(=O)c1c(-c2ccc(Br)cc2)nn(C)c(=O)c1Br. The number of carbonyl (C=O) groups excluding carboxylic acids is 1. The van der Waals surface area contributed by atoms with Gasteiger partial charge < -0.3 is 0 Å². The van der Waals surface area contributed by atoms with Crippen LogP contribution in [-0.2, 0) is 7.05 Å². The van der Waals surface area contributed by atoms with E-state index in [1.165, 1.54) is 11.6 Å². The van der Waals surface area contributed by atoms with Crippen LogP contribution in [0.1, 0.15) is 17.3 Å². The second-order valence-corrected chi connectivity index (χ2v) is 5.74. The molecule has 0 amide bonds. The minimum Gasteiger partial charge on any atom is -0.294 e. The third-order valence-electron chi connectivity index (χ3n) is 2.66. The number of halogens is 2. The smallest absolute Gasteiger partial charge is 0.281 e. The summed E-state index contributed by atoms with van der Waals surface area (Å²) in [6.45, 7) is 1.42. The van der Waals surface area contributed by atoms with Crippen LogP contribution in [-0.4, -0.2) is 15.6 Å². The zero-order chi connectivity index (χ0) is 14.2. The predicted octanol–water partition coefficient (Wildman–Crippen LogP) is 3.17. The van der Waals surface area contributed by atoms with Crippen LogP contribution in [0, 0.1) is 0 Å². The second-order valence-electron chi connectivity index (χ2n) is 4.03. The van der Waals surface area contributed by atoms with Gasteiger partial charge in [-0.05, 0) is 35.0 Å². The largest absolute Gasteiger partial charge is 0.294 e. The van der Waals surface area contributed by atoms with E-state index in [0.717, 1.165) is 10.0 Å². The standard InChI is InChI=1S/C13H10Br2N2O2/c1-7(18)10-11(15)13(19)17(2)16-12(10)8-3-5-9(14)6-4-8/h3-6H,1-2H3. The van der Waals surface area contributed by atoms with Crippen LogP contribution >= 0.6 is 31.9 Å². The normalized spacial score (nSPS) is 10.5. The molecule has 0 spiro atoms. The maximum Gasteiger partial charge on any atom is 0.281 e. The number of hydrogen-bond donors (Lipinski definition) is 0. The van der Waals surface area contributed by atoms with E-state index in [2.05, 4.69) is 37.0 Å². The molecule has 0 aliphatic carbocycles. The molecule has 0 radical (unpaired) electrons. The quantitative estimate of drug-likeness (QED) is 0.746. The first-order valence-corrected chi connectivity index (χ1v) is 7.04. The Bertz CT molecular complexity index is 706. The number of carbonyl (C=O) groups is 1. The molecule has 1 aromatic carbocycles. The van der Waals surface area contributed by atoms with Gasteiger partial charge in [0.25, 0.3) is 5.56 Å². The van der Waals surface area contributed by atoms with Gasteiger partial charge in [-0.3, -0.25) is 9.59 Å². The molecule has 98 valence electrons. The first kappa shape index (κ1) is 14.1. The van der Waals surface area contributed by atoms with Crippen molar-refractivity contribution in [2.24, 2.45) is 7.05 Å². The molecule has 1 heterocycles. The maximum absolute atomic E-state index is 11.8. The van der Waals surface area contributed by atoms with Crippen LogP contribution in [0.5, 0.6) is 0 Å². The third-order valence-corrected chi connectivity index (χ3v) is 3.92. The summed E-state index contributed by atoms with van der Waals surface area (Å²) in [7, 11) is 1.55. The highest BCUT2D eigenvalue weighted by Crippen LogP contribution is 2.26. The van der Waals surface area contributed by atoms with Gasteiger partial charge in [-0.1, -0.05) is 28.1 Å². The van der Waals surface area contributed by atoms with Crippen molar-refractivity contribution in [2.45, 2.75) is 6.92 Å². The van der Waals surface area contributed by atoms with Crippen LogP contribution in [0.25, 0.3) is 11.3 Å². The topological polar surface area (TPSA) is 52.0 Å². The maximum atomic E-state index is 11.8. The molecule has 0 aliphatic rings. The Hall–Kier alpha value is -1.27. The predicted molar refractivity (Wildman–Crippen MR) is 80.3 cm³/mol. The van der Waals surface area contributed by atoms with E-state index in [9.17, 15) is 9.59 Å². The molecule has 0 saturated heterocycles. The summed E-state index contributed by atoms with van der Waals surface area (Å²) in [5, 5.41) is 4.19. The fourth-order valence-electron chi connectivity index (χ4n) is 1.73. The van der Waals surface area contributed by atoms with Crippen molar-refractivity contribution in [3.8, 4) is 11.3 Å². The molecule has 2 aromatic rings. The molecule has 19 heavy (non-hydrogen) atoms. The second kappa shape index (κ2) is 5.38. The van der Waals surface area contributed by atoms with Gasteiger partial charge in [0.15, 0.2) is 5.78 Å². The van der Waals surface area contributed by atoms with E-state index in [4.69, 9.17) is 0 Å². The van der Waals surface area contributed by atoms with Crippen molar-refractivity contribution in [1.29, 1.82) is 0 Å². The molecule has 0 saturated carbocycles. The number of nitrogens with zero attached hydrogens (tertiary/aromatic N) is 2. The van der Waals surface area contributed by atoms with E-state index in [0.29, 0.717) is 11.3 Å². The van der Waals surface area contributed by atoms with Crippen molar-refractivity contribution in [2.75, 3.05) is 0 Å². The molecular weight excluding hydrogens is 376 g/mol. The number of benzene rings is 1. The highest BCUT2D eigenvalue weighted by Gasteiger charge is 2.19. The summed E-state index contributed by atoms with van der Waals surface area (Å²) in [4.78, 5) is 23.6. The van der Waals surface area contributed by atoms with Crippen molar-refractivity contribution >= 4 is 37.6 Å². The molecule has 4 nitrogen and oxygen atoms in total. The van der Waals surface area contributed by atoms with Crippen LogP contribution in [0.15, 0.2) is 38.0 Å². The Morgan fingerprint density at radius 1 is 1.21 bits per heavy atom. The number of ketones is 1. The van der Waals surface area contributed by atoms with Gasteiger partial charge in [0.05, 0.1) is 10.0 Å². The van der Waals surface area contributed by atoms with Crippen molar-refractivity contribution < 1.29 is 4.79 Å². The molecule has 0 bridgehead atoms. The van der Waals surface area contributed by atoms with Crippen molar-refractivity contribution in [3.05, 3.63) is 49.1 Å². The molecule has 6 heteroatoms. The van der Waals surface area contributed by atoms with Gasteiger partial charge in [0, 0.05) is 17.1 Å². The number of aryl methyl sites for hydroxylation is 1. The summed E-state index contributed by atoms with van der Waals surface area (Å²) in [6, 6.07) is 7.41. The fraction of sp³-hybridized carbons (Fsp3) is 0.154. The number of hydrogen-bond acceptors (Lipinski definition) is 3. The minimum atomic E-state index is -0.328. The lowest BCUT2D eigenvalue weighted by atomic mass is 10.0.